The minimum Gasteiger partial charge on any atom is -0.507 e. The summed E-state index contributed by atoms with van der Waals surface area (Å²) in [6.45, 7) is 6.45. The van der Waals surface area contributed by atoms with Crippen molar-refractivity contribution in [1.29, 1.82) is 0 Å². The lowest BCUT2D eigenvalue weighted by Crippen LogP contribution is -2.38. The first-order chi connectivity index (χ1) is 19.9. The lowest BCUT2D eigenvalue weighted by molar-refractivity contribution is -0.136. The molecule has 3 aromatic carbocycles. The Bertz CT molecular complexity index is 1700. The molecule has 0 aliphatic carbocycles. The maximum atomic E-state index is 13.2. The number of aromatic hydroxyl groups is 1. The Labute approximate surface area is 239 Å². The molecule has 0 spiro atoms. The summed E-state index contributed by atoms with van der Waals surface area (Å²) in [5.74, 6) is 0.318. The van der Waals surface area contributed by atoms with Crippen molar-refractivity contribution in [3.63, 3.8) is 0 Å². The number of aryl methyl sites for hydroxylation is 2. The van der Waals surface area contributed by atoms with Crippen LogP contribution in [-0.4, -0.2) is 29.4 Å². The van der Waals surface area contributed by atoms with Gasteiger partial charge in [-0.25, -0.2) is 0 Å². The number of rotatable bonds is 12. The molecular formula is C34H36O7. The first-order valence-corrected chi connectivity index (χ1v) is 14.0. The third kappa shape index (κ3) is 6.80. The van der Waals surface area contributed by atoms with Gasteiger partial charge in [0, 0.05) is 30.0 Å². The Morgan fingerprint density at radius 2 is 1.73 bits per heavy atom. The average molecular weight is 557 g/mol. The normalized spacial score (nSPS) is 12.2. The molecule has 7 heteroatoms. The van der Waals surface area contributed by atoms with Crippen LogP contribution in [0, 0.1) is 0 Å². The number of benzene rings is 3. The zero-order chi connectivity index (χ0) is 29.4. The van der Waals surface area contributed by atoms with Gasteiger partial charge in [-0.1, -0.05) is 50.3 Å². The SMILES string of the molecule is C/C=c1/c(=O)c2ccc(OCCCOc3cc(O)c(-c4ccccc4)cc3CC)c(CCC(=O)O)c2o/c1=C/CC. The number of fused-ring (bicyclic) bond motifs is 1. The Morgan fingerprint density at radius 1 is 1.00 bits per heavy atom. The number of hydrogen-bond acceptors (Lipinski definition) is 6. The van der Waals surface area contributed by atoms with Gasteiger partial charge in [0.1, 0.15) is 28.2 Å². The highest BCUT2D eigenvalue weighted by Crippen LogP contribution is 2.36. The van der Waals surface area contributed by atoms with E-state index in [0.717, 1.165) is 23.1 Å². The van der Waals surface area contributed by atoms with Crippen molar-refractivity contribution in [3.05, 3.63) is 86.6 Å². The van der Waals surface area contributed by atoms with E-state index < -0.39 is 5.97 Å². The molecule has 7 nitrogen and oxygen atoms in total. The molecule has 0 bridgehead atoms. The Balaban J connectivity index is 1.52. The molecule has 0 unspecified atom stereocenters. The molecule has 0 saturated carbocycles. The predicted octanol–water partition coefficient (Wildman–Crippen LogP) is 5.58. The van der Waals surface area contributed by atoms with E-state index in [1.54, 1.807) is 31.2 Å². The Morgan fingerprint density at radius 3 is 2.39 bits per heavy atom. The van der Waals surface area contributed by atoms with E-state index in [4.69, 9.17) is 13.9 Å². The van der Waals surface area contributed by atoms with Gasteiger partial charge >= 0.3 is 5.97 Å². The smallest absolute Gasteiger partial charge is 0.303 e. The highest BCUT2D eigenvalue weighted by molar-refractivity contribution is 5.83. The highest BCUT2D eigenvalue weighted by Gasteiger charge is 2.16. The summed E-state index contributed by atoms with van der Waals surface area (Å²) >= 11 is 0. The fourth-order valence-electron chi connectivity index (χ4n) is 4.84. The number of aliphatic carboxylic acids is 1. The van der Waals surface area contributed by atoms with Gasteiger partial charge in [0.25, 0.3) is 0 Å². The molecule has 0 aliphatic heterocycles. The summed E-state index contributed by atoms with van der Waals surface area (Å²) in [5.41, 5.74) is 3.93. The van der Waals surface area contributed by atoms with Crippen LogP contribution in [-0.2, 0) is 17.6 Å². The van der Waals surface area contributed by atoms with Gasteiger partial charge in [0.05, 0.1) is 23.8 Å². The number of hydrogen-bond donors (Lipinski definition) is 2. The van der Waals surface area contributed by atoms with E-state index in [2.05, 4.69) is 0 Å². The van der Waals surface area contributed by atoms with Crippen molar-refractivity contribution in [2.45, 2.75) is 52.9 Å². The second kappa shape index (κ2) is 13.7. The topological polar surface area (TPSA) is 106 Å². The third-order valence-electron chi connectivity index (χ3n) is 6.90. The molecule has 0 fully saturated rings. The zero-order valence-corrected chi connectivity index (χ0v) is 23.7. The first-order valence-electron chi connectivity index (χ1n) is 14.0. The minimum absolute atomic E-state index is 0.126. The van der Waals surface area contributed by atoms with Crippen LogP contribution in [0.25, 0.3) is 34.2 Å². The number of carbonyl (C=O) groups is 1. The quantitative estimate of drug-likeness (QED) is 0.219. The summed E-state index contributed by atoms with van der Waals surface area (Å²) in [6, 6.07) is 16.7. The molecular weight excluding hydrogens is 520 g/mol. The van der Waals surface area contributed by atoms with Gasteiger partial charge in [0.2, 0.25) is 0 Å². The summed E-state index contributed by atoms with van der Waals surface area (Å²) < 4.78 is 18.2. The maximum Gasteiger partial charge on any atom is 0.303 e. The van der Waals surface area contributed by atoms with Crippen molar-refractivity contribution in [2.24, 2.45) is 0 Å². The first kappa shape index (κ1) is 29.5. The molecule has 0 aliphatic rings. The van der Waals surface area contributed by atoms with Crippen LogP contribution in [0.15, 0.2) is 63.8 Å². The molecule has 1 aromatic heterocycles. The number of phenolic OH excluding ortho intramolecular Hbond substituents is 1. The number of carboxylic acids is 1. The molecule has 4 rings (SSSR count). The maximum absolute atomic E-state index is 13.2. The van der Waals surface area contributed by atoms with Crippen LogP contribution in [0.4, 0.5) is 0 Å². The number of ether oxygens (including phenoxy) is 2. The van der Waals surface area contributed by atoms with Gasteiger partial charge in [-0.2, -0.15) is 0 Å². The average Bonchev–Trinajstić information content (AvgIpc) is 2.97. The van der Waals surface area contributed by atoms with Crippen molar-refractivity contribution in [3.8, 4) is 28.4 Å². The van der Waals surface area contributed by atoms with Crippen LogP contribution in [0.2, 0.25) is 0 Å². The van der Waals surface area contributed by atoms with Crippen molar-refractivity contribution in [1.82, 2.24) is 0 Å². The molecule has 0 saturated heterocycles. The predicted molar refractivity (Wildman–Crippen MR) is 161 cm³/mol. The molecule has 41 heavy (non-hydrogen) atoms. The molecule has 4 aromatic rings. The summed E-state index contributed by atoms with van der Waals surface area (Å²) in [7, 11) is 0. The van der Waals surface area contributed by atoms with Gasteiger partial charge in [0.15, 0.2) is 5.43 Å². The van der Waals surface area contributed by atoms with Crippen LogP contribution in [0.5, 0.6) is 17.2 Å². The van der Waals surface area contributed by atoms with Crippen LogP contribution < -0.4 is 25.5 Å². The molecule has 214 valence electrons. The zero-order valence-electron chi connectivity index (χ0n) is 23.7. The lowest BCUT2D eigenvalue weighted by Gasteiger charge is -2.15. The summed E-state index contributed by atoms with van der Waals surface area (Å²) in [4.78, 5) is 24.6. The summed E-state index contributed by atoms with van der Waals surface area (Å²) in [5, 5.41) is 20.9. The molecule has 0 amide bonds. The van der Waals surface area contributed by atoms with Crippen molar-refractivity contribution >= 4 is 29.1 Å². The van der Waals surface area contributed by atoms with E-state index in [1.807, 2.05) is 56.3 Å². The van der Waals surface area contributed by atoms with Gasteiger partial charge in [-0.15, -0.1) is 0 Å². The second-order valence-corrected chi connectivity index (χ2v) is 9.67. The standard InChI is InChI=1S/C34H36O7/c1-4-11-30-24(6-3)33(38)26-14-16-29(25(34(26)41-30)15-17-32(36)37)39-18-10-19-40-31-21-28(35)27(20-22(31)5-2)23-12-8-7-9-13-23/h6-9,11-14,16,20-21,35H,4-5,10,15,17-19H2,1-3H3,(H,36,37)/b24-6+,30-11+. The lowest BCUT2D eigenvalue weighted by atomic mass is 10.00. The van der Waals surface area contributed by atoms with E-state index in [1.165, 1.54) is 0 Å². The Hall–Kier alpha value is -4.52. The second-order valence-electron chi connectivity index (χ2n) is 9.67. The number of carboxylic acid groups (broad SMARTS) is 1. The molecule has 0 radical (unpaired) electrons. The van der Waals surface area contributed by atoms with Crippen molar-refractivity contribution in [2.75, 3.05) is 13.2 Å². The molecule has 0 atom stereocenters. The molecule has 1 heterocycles. The van der Waals surface area contributed by atoms with Crippen LogP contribution >= 0.6 is 0 Å². The fraction of sp³-hybridized carbons (Fsp3) is 0.294. The van der Waals surface area contributed by atoms with Crippen molar-refractivity contribution < 1.29 is 28.9 Å². The van der Waals surface area contributed by atoms with E-state index in [0.29, 0.717) is 64.7 Å². The summed E-state index contributed by atoms with van der Waals surface area (Å²) in [6.07, 6.45) is 5.58. The largest absolute Gasteiger partial charge is 0.507 e. The number of phenols is 1. The van der Waals surface area contributed by atoms with Gasteiger partial charge < -0.3 is 24.1 Å². The Kier molecular flexibility index (Phi) is 9.85. The van der Waals surface area contributed by atoms with Gasteiger partial charge in [-0.05, 0) is 61.6 Å². The highest BCUT2D eigenvalue weighted by atomic mass is 16.5. The van der Waals surface area contributed by atoms with E-state index in [-0.39, 0.29) is 24.0 Å². The monoisotopic (exact) mass is 556 g/mol. The molecule has 2 N–H and O–H groups in total. The fourth-order valence-corrected chi connectivity index (χ4v) is 4.84. The minimum atomic E-state index is -0.948. The van der Waals surface area contributed by atoms with Crippen LogP contribution in [0.3, 0.4) is 0 Å². The van der Waals surface area contributed by atoms with Crippen LogP contribution in [0.1, 0.15) is 51.2 Å². The third-order valence-corrected chi connectivity index (χ3v) is 6.90. The van der Waals surface area contributed by atoms with E-state index >= 15 is 0 Å². The van der Waals surface area contributed by atoms with E-state index in [9.17, 15) is 19.8 Å². The van der Waals surface area contributed by atoms with Gasteiger partial charge in [-0.3, -0.25) is 9.59 Å².